The molecule has 0 aliphatic heterocycles. The van der Waals surface area contributed by atoms with E-state index in [0.29, 0.717) is 12.8 Å². The van der Waals surface area contributed by atoms with Crippen LogP contribution in [0.3, 0.4) is 0 Å². The molecular weight excluding hydrogens is 556 g/mol. The summed E-state index contributed by atoms with van der Waals surface area (Å²) in [6, 6.07) is 0. The zero-order valence-electron chi connectivity index (χ0n) is 30.4. The van der Waals surface area contributed by atoms with Gasteiger partial charge in [0.1, 0.15) is 6.10 Å². The monoisotopic (exact) mass is 635 g/mol. The molecular formula is C41H78O4. The fourth-order valence-corrected chi connectivity index (χ4v) is 6.24. The van der Waals surface area contributed by atoms with Crippen LogP contribution in [0.4, 0.5) is 0 Å². The Morgan fingerprint density at radius 1 is 0.467 bits per heavy atom. The summed E-state index contributed by atoms with van der Waals surface area (Å²) in [7, 11) is 0. The highest BCUT2D eigenvalue weighted by Gasteiger charge is 2.14. The smallest absolute Gasteiger partial charge is 0.306 e. The van der Waals surface area contributed by atoms with Gasteiger partial charge in [-0.1, -0.05) is 167 Å². The highest BCUT2D eigenvalue weighted by atomic mass is 16.5. The second kappa shape index (κ2) is 37.1. The topological polar surface area (TPSA) is 63.6 Å². The van der Waals surface area contributed by atoms with Gasteiger partial charge in [-0.05, 0) is 64.2 Å². The number of unbranched alkanes of at least 4 members (excludes halogenated alkanes) is 26. The Balaban J connectivity index is 3.78. The highest BCUT2D eigenvalue weighted by Crippen LogP contribution is 2.19. The molecule has 0 aromatic heterocycles. The SMILES string of the molecule is CCCCCC/C=C\CCCCCCCCC(=O)OC(CCCCCC)CCCCCCCCCCCCCCCCC(=O)O. The molecule has 0 fully saturated rings. The summed E-state index contributed by atoms with van der Waals surface area (Å²) < 4.78 is 6.00. The Morgan fingerprint density at radius 2 is 0.800 bits per heavy atom. The second-order valence-electron chi connectivity index (χ2n) is 13.8. The molecule has 0 heterocycles. The predicted molar refractivity (Wildman–Crippen MR) is 195 cm³/mol. The normalized spacial score (nSPS) is 12.2. The van der Waals surface area contributed by atoms with Gasteiger partial charge in [0.25, 0.3) is 0 Å². The van der Waals surface area contributed by atoms with Crippen molar-refractivity contribution >= 4 is 11.9 Å². The number of rotatable bonds is 37. The van der Waals surface area contributed by atoms with E-state index in [1.807, 2.05) is 0 Å². The van der Waals surface area contributed by atoms with Gasteiger partial charge in [0, 0.05) is 12.8 Å². The minimum atomic E-state index is -0.665. The van der Waals surface area contributed by atoms with Gasteiger partial charge in [0.2, 0.25) is 0 Å². The number of hydrogen-bond donors (Lipinski definition) is 1. The number of carboxylic acids is 1. The molecule has 0 saturated heterocycles. The van der Waals surface area contributed by atoms with Crippen LogP contribution in [0.5, 0.6) is 0 Å². The molecule has 0 aliphatic rings. The first kappa shape index (κ1) is 43.7. The first-order valence-electron chi connectivity index (χ1n) is 20.2. The van der Waals surface area contributed by atoms with Crippen molar-refractivity contribution in [3.8, 4) is 0 Å². The van der Waals surface area contributed by atoms with Gasteiger partial charge in [0.15, 0.2) is 0 Å². The van der Waals surface area contributed by atoms with Crippen molar-refractivity contribution in [3.05, 3.63) is 12.2 Å². The molecule has 0 amide bonds. The molecule has 0 aliphatic carbocycles. The third-order valence-electron chi connectivity index (χ3n) is 9.24. The Bertz CT molecular complexity index is 643. The summed E-state index contributed by atoms with van der Waals surface area (Å²) in [6.07, 6.45) is 45.5. The van der Waals surface area contributed by atoms with Gasteiger partial charge < -0.3 is 9.84 Å². The lowest BCUT2D eigenvalue weighted by atomic mass is 10.0. The van der Waals surface area contributed by atoms with Crippen molar-refractivity contribution < 1.29 is 19.4 Å². The van der Waals surface area contributed by atoms with Crippen LogP contribution in [0.15, 0.2) is 12.2 Å². The molecule has 0 radical (unpaired) electrons. The molecule has 0 aromatic rings. The minimum absolute atomic E-state index is 0.0396. The minimum Gasteiger partial charge on any atom is -0.481 e. The molecule has 1 unspecified atom stereocenters. The van der Waals surface area contributed by atoms with Gasteiger partial charge in [0.05, 0.1) is 0 Å². The van der Waals surface area contributed by atoms with Crippen LogP contribution in [0.2, 0.25) is 0 Å². The summed E-state index contributed by atoms with van der Waals surface area (Å²) in [5, 5.41) is 8.67. The molecule has 1 N–H and O–H groups in total. The van der Waals surface area contributed by atoms with Crippen molar-refractivity contribution in [1.29, 1.82) is 0 Å². The molecule has 1 atom stereocenters. The number of hydrogen-bond acceptors (Lipinski definition) is 3. The van der Waals surface area contributed by atoms with Crippen LogP contribution >= 0.6 is 0 Å². The van der Waals surface area contributed by atoms with Gasteiger partial charge in [-0.3, -0.25) is 9.59 Å². The Morgan fingerprint density at radius 3 is 1.22 bits per heavy atom. The third kappa shape index (κ3) is 37.0. The van der Waals surface area contributed by atoms with Gasteiger partial charge in [-0.15, -0.1) is 0 Å². The number of carbonyl (C=O) groups excluding carboxylic acids is 1. The molecule has 0 spiro atoms. The average molecular weight is 635 g/mol. The fraction of sp³-hybridized carbons (Fsp3) is 0.902. The Labute approximate surface area is 281 Å². The van der Waals surface area contributed by atoms with Gasteiger partial charge in [-0.25, -0.2) is 0 Å². The van der Waals surface area contributed by atoms with Gasteiger partial charge >= 0.3 is 11.9 Å². The standard InChI is InChI=1S/C41H78O4/c1-3-5-7-9-10-11-12-13-18-21-24-27-30-34-38-41(44)45-39(35-31-8-6-4-2)36-32-28-25-22-19-16-14-15-17-20-23-26-29-33-37-40(42)43/h11-12,39H,3-10,13-38H2,1-2H3,(H,42,43)/b12-11-. The van der Waals surface area contributed by atoms with E-state index in [-0.39, 0.29) is 12.1 Å². The number of allylic oxidation sites excluding steroid dienone is 2. The van der Waals surface area contributed by atoms with E-state index >= 15 is 0 Å². The lowest BCUT2D eigenvalue weighted by molar-refractivity contribution is -0.150. The van der Waals surface area contributed by atoms with Crippen molar-refractivity contribution in [2.24, 2.45) is 0 Å². The Kier molecular flexibility index (Phi) is 36.1. The molecule has 45 heavy (non-hydrogen) atoms. The first-order chi connectivity index (χ1) is 22.1. The number of carbonyl (C=O) groups is 2. The molecule has 0 bridgehead atoms. The summed E-state index contributed by atoms with van der Waals surface area (Å²) in [4.78, 5) is 23.1. The number of esters is 1. The lowest BCUT2D eigenvalue weighted by Gasteiger charge is -2.18. The number of aliphatic carboxylic acids is 1. The van der Waals surface area contributed by atoms with Crippen LogP contribution in [0.1, 0.15) is 232 Å². The van der Waals surface area contributed by atoms with E-state index in [9.17, 15) is 9.59 Å². The maximum atomic E-state index is 12.6. The molecule has 0 aromatic carbocycles. The quantitative estimate of drug-likeness (QED) is 0.0419. The second-order valence-corrected chi connectivity index (χ2v) is 13.8. The zero-order chi connectivity index (χ0) is 32.9. The first-order valence-corrected chi connectivity index (χ1v) is 20.2. The molecule has 0 saturated carbocycles. The maximum absolute atomic E-state index is 12.6. The Hall–Kier alpha value is -1.32. The molecule has 0 rings (SSSR count). The van der Waals surface area contributed by atoms with Crippen LogP contribution in [0, 0.1) is 0 Å². The number of ether oxygens (including phenoxy) is 1. The van der Waals surface area contributed by atoms with E-state index in [1.165, 1.54) is 167 Å². The summed E-state index contributed by atoms with van der Waals surface area (Å²) in [6.45, 7) is 4.52. The van der Waals surface area contributed by atoms with Crippen LogP contribution in [-0.4, -0.2) is 23.1 Å². The molecule has 4 heteroatoms. The van der Waals surface area contributed by atoms with Gasteiger partial charge in [-0.2, -0.15) is 0 Å². The van der Waals surface area contributed by atoms with Crippen LogP contribution in [0.25, 0.3) is 0 Å². The summed E-state index contributed by atoms with van der Waals surface area (Å²) in [5.41, 5.74) is 0. The van der Waals surface area contributed by atoms with E-state index < -0.39 is 5.97 Å². The van der Waals surface area contributed by atoms with Crippen molar-refractivity contribution in [3.63, 3.8) is 0 Å². The maximum Gasteiger partial charge on any atom is 0.306 e. The predicted octanol–water partition coefficient (Wildman–Crippen LogP) is 13.8. The van der Waals surface area contributed by atoms with Crippen LogP contribution in [-0.2, 0) is 14.3 Å². The highest BCUT2D eigenvalue weighted by molar-refractivity contribution is 5.69. The lowest BCUT2D eigenvalue weighted by Crippen LogP contribution is -2.18. The molecule has 266 valence electrons. The summed E-state index contributed by atoms with van der Waals surface area (Å²) >= 11 is 0. The zero-order valence-corrected chi connectivity index (χ0v) is 30.4. The van der Waals surface area contributed by atoms with Crippen molar-refractivity contribution in [1.82, 2.24) is 0 Å². The molecule has 4 nitrogen and oxygen atoms in total. The average Bonchev–Trinajstić information content (AvgIpc) is 3.02. The largest absolute Gasteiger partial charge is 0.481 e. The van der Waals surface area contributed by atoms with E-state index in [0.717, 1.165) is 38.5 Å². The summed E-state index contributed by atoms with van der Waals surface area (Å²) in [5.74, 6) is -0.625. The van der Waals surface area contributed by atoms with E-state index in [2.05, 4.69) is 26.0 Å². The number of carboxylic acid groups (broad SMARTS) is 1. The van der Waals surface area contributed by atoms with Crippen molar-refractivity contribution in [2.45, 2.75) is 238 Å². The third-order valence-corrected chi connectivity index (χ3v) is 9.24. The fourth-order valence-electron chi connectivity index (χ4n) is 6.24. The van der Waals surface area contributed by atoms with E-state index in [1.54, 1.807) is 0 Å². The van der Waals surface area contributed by atoms with Crippen molar-refractivity contribution in [2.75, 3.05) is 0 Å². The van der Waals surface area contributed by atoms with Crippen LogP contribution < -0.4 is 0 Å². The van der Waals surface area contributed by atoms with E-state index in [4.69, 9.17) is 9.84 Å².